The SMILES string of the molecule is C[C@H]1O[C@@H](O[C@H]2CC(C)(O)Cc3c(O)c4c(c(O)c32)C(=O)c2ccccc2C4=O)C[C@H](NC(=O)C(F)(F)F)[C@H]1OC(=O)c1ccc([N+](=O)[O-])cc1. The number of aliphatic hydroxyl groups is 1. The van der Waals surface area contributed by atoms with Crippen molar-refractivity contribution in [3.05, 3.63) is 97.6 Å². The van der Waals surface area contributed by atoms with Gasteiger partial charge < -0.3 is 34.8 Å². The molecule has 6 atom stereocenters. The summed E-state index contributed by atoms with van der Waals surface area (Å²) in [4.78, 5) is 62.3. The number of carbonyl (C=O) groups is 4. The van der Waals surface area contributed by atoms with Crippen LogP contribution in [0.2, 0.25) is 0 Å². The number of rotatable bonds is 6. The van der Waals surface area contributed by atoms with Gasteiger partial charge in [0.25, 0.3) is 5.69 Å². The number of nitrogens with one attached hydrogen (secondary N) is 1. The number of nitro groups is 1. The summed E-state index contributed by atoms with van der Waals surface area (Å²) >= 11 is 0. The molecule has 51 heavy (non-hydrogen) atoms. The Morgan fingerprint density at radius 3 is 2.18 bits per heavy atom. The van der Waals surface area contributed by atoms with Gasteiger partial charge in [-0.3, -0.25) is 24.5 Å². The molecule has 1 unspecified atom stereocenters. The number of esters is 1. The lowest BCUT2D eigenvalue weighted by Crippen LogP contribution is -2.58. The number of nitrogens with zero attached hydrogens (tertiary/aromatic N) is 1. The molecule has 3 aromatic carbocycles. The van der Waals surface area contributed by atoms with Crippen LogP contribution in [-0.2, 0) is 25.4 Å². The fraction of sp³-hybridized carbons (Fsp3) is 0.353. The van der Waals surface area contributed by atoms with Crippen LogP contribution in [0.1, 0.15) is 86.1 Å². The summed E-state index contributed by atoms with van der Waals surface area (Å²) in [6, 6.07) is 8.42. The minimum Gasteiger partial charge on any atom is -0.507 e. The fourth-order valence-electron chi connectivity index (χ4n) is 6.77. The molecule has 0 bridgehead atoms. The zero-order valence-electron chi connectivity index (χ0n) is 26.7. The first-order valence-electron chi connectivity index (χ1n) is 15.5. The van der Waals surface area contributed by atoms with Crippen LogP contribution in [-0.4, -0.2) is 80.0 Å². The largest absolute Gasteiger partial charge is 0.507 e. The smallest absolute Gasteiger partial charge is 0.471 e. The Balaban J connectivity index is 1.32. The molecule has 1 saturated heterocycles. The molecule has 17 heteroatoms. The first-order chi connectivity index (χ1) is 23.9. The number of ether oxygens (including phenoxy) is 3. The summed E-state index contributed by atoms with van der Waals surface area (Å²) < 4.78 is 57.6. The first kappa shape index (κ1) is 35.4. The van der Waals surface area contributed by atoms with E-state index in [9.17, 15) is 57.8 Å². The number of fused-ring (bicyclic) bond motifs is 3. The second kappa shape index (κ2) is 12.7. The Morgan fingerprint density at radius 1 is 1.02 bits per heavy atom. The van der Waals surface area contributed by atoms with Gasteiger partial charge in [0, 0.05) is 53.6 Å². The van der Waals surface area contributed by atoms with Crippen molar-refractivity contribution in [1.82, 2.24) is 5.32 Å². The molecule has 14 nitrogen and oxygen atoms in total. The minimum absolute atomic E-state index is 0.000363. The second-order valence-corrected chi connectivity index (χ2v) is 12.8. The number of amides is 1. The van der Waals surface area contributed by atoms with Gasteiger partial charge in [0.15, 0.2) is 17.9 Å². The zero-order chi connectivity index (χ0) is 37.2. The van der Waals surface area contributed by atoms with Crippen LogP contribution in [0, 0.1) is 10.1 Å². The Morgan fingerprint density at radius 2 is 1.61 bits per heavy atom. The summed E-state index contributed by atoms with van der Waals surface area (Å²) in [7, 11) is 0. The lowest BCUT2D eigenvalue weighted by molar-refractivity contribution is -0.384. The van der Waals surface area contributed by atoms with E-state index in [2.05, 4.69) is 0 Å². The van der Waals surface area contributed by atoms with E-state index in [4.69, 9.17) is 14.2 Å². The standard InChI is InChI=1S/C34H29F3N2O12/c1-14-30(51-31(44)15-7-9-16(10-8-15)39(47)48)20(38-32(45)34(35,36)37)11-22(49-14)50-21-13-33(2,46)12-19-23(21)29(43)25-24(28(19)42)26(40)17-5-3-4-6-18(17)27(25)41/h3-10,14,20-22,30,42-43,46H,11-13H2,1-2H3,(H,38,45)/t14-,20+,21+,22+,30+,33?/m1/s1. The molecule has 268 valence electrons. The lowest BCUT2D eigenvalue weighted by atomic mass is 9.73. The van der Waals surface area contributed by atoms with Gasteiger partial charge in [0.05, 0.1) is 45.5 Å². The topological polar surface area (TPSA) is 212 Å². The van der Waals surface area contributed by atoms with Gasteiger partial charge in [-0.25, -0.2) is 4.79 Å². The zero-order valence-corrected chi connectivity index (χ0v) is 26.7. The maximum atomic E-state index is 13.5. The molecule has 3 aliphatic rings. The van der Waals surface area contributed by atoms with Crippen molar-refractivity contribution in [2.45, 2.75) is 75.5 Å². The highest BCUT2D eigenvalue weighted by molar-refractivity contribution is 6.30. The van der Waals surface area contributed by atoms with E-state index in [1.165, 1.54) is 38.1 Å². The summed E-state index contributed by atoms with van der Waals surface area (Å²) in [5.41, 5.74) is -3.37. The molecule has 3 aromatic rings. The average molecular weight is 715 g/mol. The molecule has 6 rings (SSSR count). The lowest BCUT2D eigenvalue weighted by Gasteiger charge is -2.43. The van der Waals surface area contributed by atoms with Gasteiger partial charge in [-0.1, -0.05) is 24.3 Å². The monoisotopic (exact) mass is 714 g/mol. The van der Waals surface area contributed by atoms with Gasteiger partial charge in [-0.05, 0) is 26.0 Å². The van der Waals surface area contributed by atoms with Crippen molar-refractivity contribution >= 4 is 29.1 Å². The molecule has 1 aliphatic heterocycles. The predicted octanol–water partition coefficient (Wildman–Crippen LogP) is 3.94. The van der Waals surface area contributed by atoms with Crippen molar-refractivity contribution < 1.29 is 66.8 Å². The highest BCUT2D eigenvalue weighted by atomic mass is 19.4. The predicted molar refractivity (Wildman–Crippen MR) is 165 cm³/mol. The number of halogens is 3. The minimum atomic E-state index is -5.34. The van der Waals surface area contributed by atoms with Gasteiger partial charge in [0.2, 0.25) is 0 Å². The average Bonchev–Trinajstić information content (AvgIpc) is 3.05. The number of nitro benzene ring substituents is 1. The van der Waals surface area contributed by atoms with E-state index in [0.717, 1.165) is 24.3 Å². The molecular formula is C34H29F3N2O12. The number of ketones is 2. The molecular weight excluding hydrogens is 685 g/mol. The van der Waals surface area contributed by atoms with E-state index < -0.39 is 99.8 Å². The molecule has 1 heterocycles. The fourth-order valence-corrected chi connectivity index (χ4v) is 6.77. The summed E-state index contributed by atoms with van der Waals surface area (Å²) in [6.45, 7) is 2.71. The number of alkyl halides is 3. The summed E-state index contributed by atoms with van der Waals surface area (Å²) in [5.74, 6) is -6.31. The van der Waals surface area contributed by atoms with Crippen LogP contribution in [0.25, 0.3) is 0 Å². The normalized spacial score (nSPS) is 25.6. The molecule has 1 amide bonds. The van der Waals surface area contributed by atoms with Crippen LogP contribution >= 0.6 is 0 Å². The second-order valence-electron chi connectivity index (χ2n) is 12.8. The van der Waals surface area contributed by atoms with Crippen molar-refractivity contribution in [3.8, 4) is 11.5 Å². The number of phenols is 2. The molecule has 0 radical (unpaired) electrons. The van der Waals surface area contributed by atoms with Gasteiger partial charge >= 0.3 is 18.1 Å². The van der Waals surface area contributed by atoms with Crippen molar-refractivity contribution in [1.29, 1.82) is 0 Å². The Kier molecular flexibility index (Phi) is 8.85. The van der Waals surface area contributed by atoms with Crippen LogP contribution in [0.4, 0.5) is 18.9 Å². The van der Waals surface area contributed by atoms with Gasteiger partial charge in [0.1, 0.15) is 17.6 Å². The van der Waals surface area contributed by atoms with Crippen molar-refractivity contribution in [2.24, 2.45) is 0 Å². The van der Waals surface area contributed by atoms with Gasteiger partial charge in [-0.2, -0.15) is 13.2 Å². The number of hydrogen-bond donors (Lipinski definition) is 4. The number of phenolic OH excluding ortho intramolecular Hbond substituents is 2. The molecule has 0 spiro atoms. The summed E-state index contributed by atoms with van der Waals surface area (Å²) in [5, 5.41) is 46.9. The maximum Gasteiger partial charge on any atom is 0.471 e. The highest BCUT2D eigenvalue weighted by Gasteiger charge is 2.49. The van der Waals surface area contributed by atoms with Crippen molar-refractivity contribution in [2.75, 3.05) is 0 Å². The van der Waals surface area contributed by atoms with E-state index in [-0.39, 0.29) is 46.3 Å². The van der Waals surface area contributed by atoms with Crippen LogP contribution in [0.5, 0.6) is 11.5 Å². The summed E-state index contributed by atoms with van der Waals surface area (Å²) in [6.07, 6.45) is -12.1. The number of carbonyl (C=O) groups excluding carboxylic acids is 4. The van der Waals surface area contributed by atoms with E-state index >= 15 is 0 Å². The van der Waals surface area contributed by atoms with E-state index in [1.807, 2.05) is 0 Å². The first-order valence-corrected chi connectivity index (χ1v) is 15.5. The Bertz CT molecular complexity index is 1980. The maximum absolute atomic E-state index is 13.5. The third kappa shape index (κ3) is 6.50. The quantitative estimate of drug-likeness (QED) is 0.0968. The van der Waals surface area contributed by atoms with Crippen LogP contribution in [0.15, 0.2) is 48.5 Å². The van der Waals surface area contributed by atoms with Crippen LogP contribution in [0.3, 0.4) is 0 Å². The third-order valence-corrected chi connectivity index (χ3v) is 9.08. The highest BCUT2D eigenvalue weighted by Crippen LogP contribution is 2.51. The number of hydrogen-bond acceptors (Lipinski definition) is 12. The van der Waals surface area contributed by atoms with Gasteiger partial charge in [-0.15, -0.1) is 0 Å². The van der Waals surface area contributed by atoms with Crippen LogP contribution < -0.4 is 5.32 Å². The van der Waals surface area contributed by atoms with E-state index in [0.29, 0.717) is 0 Å². The molecule has 0 aromatic heterocycles. The molecule has 2 aliphatic carbocycles. The Labute approximate surface area is 285 Å². The number of non-ortho nitro benzene ring substituents is 1. The molecule has 4 N–H and O–H groups in total. The molecule has 0 saturated carbocycles. The third-order valence-electron chi connectivity index (χ3n) is 9.08. The van der Waals surface area contributed by atoms with E-state index in [1.54, 1.807) is 5.32 Å². The Hall–Kier alpha value is -5.39. The molecule has 1 fully saturated rings. The number of aromatic hydroxyl groups is 2. The van der Waals surface area contributed by atoms with Crippen molar-refractivity contribution in [3.63, 3.8) is 0 Å². The number of benzene rings is 3.